The van der Waals surface area contributed by atoms with Crippen LogP contribution < -0.4 is 16.6 Å². The number of hydrazine groups is 1. The number of nitrogens with two attached hydrogens (primary N) is 1. The number of rotatable bonds is 3. The normalized spacial score (nSPS) is 30.1. The van der Waals surface area contributed by atoms with Crippen molar-refractivity contribution in [2.24, 2.45) is 5.84 Å². The molecular formula is C14H24N6. The van der Waals surface area contributed by atoms with Crippen LogP contribution in [0.1, 0.15) is 37.7 Å². The minimum absolute atomic E-state index is 0.501. The third-order valence-corrected chi connectivity index (χ3v) is 4.90. The maximum absolute atomic E-state index is 5.47. The highest BCUT2D eigenvalue weighted by molar-refractivity contribution is 5.56. The van der Waals surface area contributed by atoms with Crippen molar-refractivity contribution in [2.45, 2.75) is 57.2 Å². The molecule has 1 aromatic rings. The first kappa shape index (κ1) is 13.6. The Hall–Kier alpha value is -1.40. The van der Waals surface area contributed by atoms with Crippen molar-refractivity contribution in [1.82, 2.24) is 14.9 Å². The first-order valence-electron chi connectivity index (χ1n) is 7.45. The van der Waals surface area contributed by atoms with Gasteiger partial charge < -0.3 is 15.6 Å². The van der Waals surface area contributed by atoms with Crippen LogP contribution in [0.25, 0.3) is 0 Å². The monoisotopic (exact) mass is 276 g/mol. The summed E-state index contributed by atoms with van der Waals surface area (Å²) in [5.74, 6) is 7.06. The predicted molar refractivity (Wildman–Crippen MR) is 80.4 cm³/mol. The molecule has 0 spiro atoms. The fraction of sp³-hybridized carbons (Fsp3) is 0.714. The maximum Gasteiger partial charge on any atom is 0.148 e. The van der Waals surface area contributed by atoms with Crippen molar-refractivity contribution in [3.8, 4) is 0 Å². The number of nitrogens with one attached hydrogen (secondary N) is 2. The molecule has 2 fully saturated rings. The third kappa shape index (κ3) is 2.45. The van der Waals surface area contributed by atoms with E-state index < -0.39 is 0 Å². The molecular weight excluding hydrogens is 252 g/mol. The molecule has 4 N–H and O–H groups in total. The van der Waals surface area contributed by atoms with E-state index in [0.29, 0.717) is 23.9 Å². The van der Waals surface area contributed by atoms with E-state index in [1.807, 2.05) is 6.92 Å². The smallest absolute Gasteiger partial charge is 0.148 e. The van der Waals surface area contributed by atoms with Gasteiger partial charge in [0, 0.05) is 23.7 Å². The zero-order valence-electron chi connectivity index (χ0n) is 12.3. The summed E-state index contributed by atoms with van der Waals surface area (Å²) >= 11 is 0. The first-order chi connectivity index (χ1) is 9.69. The zero-order chi connectivity index (χ0) is 14.1. The van der Waals surface area contributed by atoms with Gasteiger partial charge in [0.25, 0.3) is 0 Å². The lowest BCUT2D eigenvalue weighted by Gasteiger charge is -2.47. The molecule has 0 amide bonds. The number of nitrogen functional groups attached to an aromatic ring is 1. The van der Waals surface area contributed by atoms with Gasteiger partial charge in [-0.1, -0.05) is 6.42 Å². The molecule has 0 aliphatic carbocycles. The first-order valence-corrected chi connectivity index (χ1v) is 7.45. The number of nitrogens with zero attached hydrogens (tertiary/aromatic N) is 3. The molecule has 110 valence electrons. The molecule has 3 rings (SSSR count). The average Bonchev–Trinajstić information content (AvgIpc) is 2.42. The molecule has 2 aliphatic heterocycles. The highest BCUT2D eigenvalue weighted by Gasteiger charge is 2.36. The van der Waals surface area contributed by atoms with Gasteiger partial charge in [-0.2, -0.15) is 0 Å². The molecule has 3 heterocycles. The number of hydrogen-bond donors (Lipinski definition) is 3. The van der Waals surface area contributed by atoms with Crippen molar-refractivity contribution < 1.29 is 0 Å². The fourth-order valence-electron chi connectivity index (χ4n) is 3.67. The Morgan fingerprint density at radius 3 is 2.50 bits per heavy atom. The summed E-state index contributed by atoms with van der Waals surface area (Å²) in [6.45, 7) is 1.99. The lowest BCUT2D eigenvalue weighted by Crippen LogP contribution is -2.52. The van der Waals surface area contributed by atoms with Gasteiger partial charge in [0.15, 0.2) is 0 Å². The van der Waals surface area contributed by atoms with E-state index >= 15 is 0 Å². The Labute approximate surface area is 120 Å². The summed E-state index contributed by atoms with van der Waals surface area (Å²) in [7, 11) is 2.27. The standard InChI is InChI=1S/C14H24N6/c1-9-13(16-8-17-14(9)19-15)18-10-6-11-4-3-5-12(7-10)20(11)2/h8,10-12H,3-7,15H2,1-2H3,(H2,16,17,18,19). The van der Waals surface area contributed by atoms with Gasteiger partial charge in [-0.25, -0.2) is 15.8 Å². The van der Waals surface area contributed by atoms with Crippen molar-refractivity contribution in [3.63, 3.8) is 0 Å². The highest BCUT2D eigenvalue weighted by atomic mass is 15.3. The average molecular weight is 276 g/mol. The number of aromatic nitrogens is 2. The van der Waals surface area contributed by atoms with Gasteiger partial charge >= 0.3 is 0 Å². The van der Waals surface area contributed by atoms with Gasteiger partial charge in [0.1, 0.15) is 18.0 Å². The molecule has 2 saturated heterocycles. The Morgan fingerprint density at radius 2 is 1.85 bits per heavy atom. The summed E-state index contributed by atoms with van der Waals surface area (Å²) in [5, 5.41) is 3.60. The summed E-state index contributed by atoms with van der Waals surface area (Å²) in [6, 6.07) is 1.93. The van der Waals surface area contributed by atoms with Crippen molar-refractivity contribution in [1.29, 1.82) is 0 Å². The Bertz CT molecular complexity index is 463. The van der Waals surface area contributed by atoms with Crippen LogP contribution in [0.5, 0.6) is 0 Å². The Morgan fingerprint density at radius 1 is 1.20 bits per heavy atom. The Kier molecular flexibility index (Phi) is 3.76. The second kappa shape index (κ2) is 5.54. The van der Waals surface area contributed by atoms with Gasteiger partial charge in [-0.3, -0.25) is 0 Å². The van der Waals surface area contributed by atoms with E-state index in [2.05, 4.69) is 32.7 Å². The largest absolute Gasteiger partial charge is 0.367 e. The van der Waals surface area contributed by atoms with Gasteiger partial charge in [0.2, 0.25) is 0 Å². The molecule has 2 aliphatic rings. The van der Waals surface area contributed by atoms with Gasteiger partial charge in [0.05, 0.1) is 0 Å². The van der Waals surface area contributed by atoms with Crippen LogP contribution in [-0.4, -0.2) is 40.0 Å². The van der Waals surface area contributed by atoms with E-state index in [1.54, 1.807) is 6.33 Å². The zero-order valence-corrected chi connectivity index (χ0v) is 12.3. The minimum Gasteiger partial charge on any atom is -0.367 e. The second-order valence-electron chi connectivity index (χ2n) is 6.06. The van der Waals surface area contributed by atoms with Crippen molar-refractivity contribution in [3.05, 3.63) is 11.9 Å². The van der Waals surface area contributed by atoms with Crippen LogP contribution in [0.3, 0.4) is 0 Å². The SMILES string of the molecule is Cc1c(NN)ncnc1NC1CC2CCCC(C1)N2C. The second-order valence-corrected chi connectivity index (χ2v) is 6.06. The van der Waals surface area contributed by atoms with Crippen LogP contribution in [0.15, 0.2) is 6.33 Å². The quantitative estimate of drug-likeness (QED) is 0.573. The van der Waals surface area contributed by atoms with Gasteiger partial charge in [-0.15, -0.1) is 0 Å². The molecule has 6 nitrogen and oxygen atoms in total. The van der Waals surface area contributed by atoms with Crippen LogP contribution in [0.2, 0.25) is 0 Å². The number of hydrogen-bond acceptors (Lipinski definition) is 6. The molecule has 2 atom stereocenters. The number of piperidine rings is 2. The minimum atomic E-state index is 0.501. The molecule has 1 aromatic heterocycles. The van der Waals surface area contributed by atoms with Gasteiger partial charge in [-0.05, 0) is 39.7 Å². The fourth-order valence-corrected chi connectivity index (χ4v) is 3.67. The molecule has 0 saturated carbocycles. The topological polar surface area (TPSA) is 79.1 Å². The summed E-state index contributed by atoms with van der Waals surface area (Å²) in [6.07, 6.45) is 7.97. The van der Waals surface area contributed by atoms with Crippen molar-refractivity contribution in [2.75, 3.05) is 17.8 Å². The summed E-state index contributed by atoms with van der Waals surface area (Å²) < 4.78 is 0. The predicted octanol–water partition coefficient (Wildman–Crippen LogP) is 1.50. The molecule has 6 heteroatoms. The Balaban J connectivity index is 1.73. The molecule has 2 bridgehead atoms. The van der Waals surface area contributed by atoms with Crippen LogP contribution in [0, 0.1) is 6.92 Å². The lowest BCUT2D eigenvalue weighted by molar-refractivity contribution is 0.0608. The summed E-state index contributed by atoms with van der Waals surface area (Å²) in [4.78, 5) is 11.1. The van der Waals surface area contributed by atoms with Crippen LogP contribution in [-0.2, 0) is 0 Å². The highest BCUT2D eigenvalue weighted by Crippen LogP contribution is 2.34. The third-order valence-electron chi connectivity index (χ3n) is 4.90. The van der Waals surface area contributed by atoms with Crippen LogP contribution in [0.4, 0.5) is 11.6 Å². The number of fused-ring (bicyclic) bond motifs is 2. The summed E-state index contributed by atoms with van der Waals surface area (Å²) in [5.41, 5.74) is 3.61. The van der Waals surface area contributed by atoms with Crippen LogP contribution >= 0.6 is 0 Å². The molecule has 2 unspecified atom stereocenters. The number of anilines is 2. The van der Waals surface area contributed by atoms with E-state index in [1.165, 1.54) is 32.1 Å². The van der Waals surface area contributed by atoms with E-state index in [0.717, 1.165) is 11.4 Å². The maximum atomic E-state index is 5.47. The van der Waals surface area contributed by atoms with E-state index in [-0.39, 0.29) is 0 Å². The lowest BCUT2D eigenvalue weighted by atomic mass is 9.82. The van der Waals surface area contributed by atoms with E-state index in [4.69, 9.17) is 5.84 Å². The molecule has 0 radical (unpaired) electrons. The molecule has 20 heavy (non-hydrogen) atoms. The van der Waals surface area contributed by atoms with Crippen molar-refractivity contribution >= 4 is 11.6 Å². The van der Waals surface area contributed by atoms with E-state index in [9.17, 15) is 0 Å². The molecule has 0 aromatic carbocycles.